The molecule has 1 saturated carbocycles. The number of carboxylic acids is 1. The Hall–Kier alpha value is -0.830. The maximum Gasteiger partial charge on any atom is 0.307 e. The van der Waals surface area contributed by atoms with E-state index >= 15 is 0 Å². The van der Waals surface area contributed by atoms with Crippen LogP contribution in [-0.4, -0.2) is 22.8 Å². The Labute approximate surface area is 83.4 Å². The number of carboxylic acid groups (broad SMARTS) is 1. The third-order valence-corrected chi connectivity index (χ3v) is 3.84. The van der Waals surface area contributed by atoms with E-state index in [1.165, 1.54) is 0 Å². The fourth-order valence-corrected chi connectivity index (χ4v) is 2.76. The molecule has 0 aromatic heterocycles. The van der Waals surface area contributed by atoms with Crippen LogP contribution in [0.1, 0.15) is 26.2 Å². The summed E-state index contributed by atoms with van der Waals surface area (Å²) in [7, 11) is 0. The van der Waals surface area contributed by atoms with E-state index in [2.05, 4.69) is 13.0 Å². The van der Waals surface area contributed by atoms with E-state index in [1.807, 2.05) is 0 Å². The van der Waals surface area contributed by atoms with Gasteiger partial charge in [0.05, 0.1) is 6.42 Å². The molecule has 0 bridgehead atoms. The molecule has 0 unspecified atom stereocenters. The predicted molar refractivity (Wildman–Crippen MR) is 51.7 cm³/mol. The number of aliphatic hydroxyl groups is 1. The van der Waals surface area contributed by atoms with E-state index in [0.717, 1.165) is 18.4 Å². The third-order valence-electron chi connectivity index (χ3n) is 3.84. The Bertz CT molecular complexity index is 295. The lowest BCUT2D eigenvalue weighted by atomic mass is 9.97. The molecule has 0 aliphatic heterocycles. The molecule has 2 aliphatic carbocycles. The predicted octanol–water partition coefficient (Wildman–Crippen LogP) is 1.43. The zero-order valence-corrected chi connectivity index (χ0v) is 8.36. The van der Waals surface area contributed by atoms with Gasteiger partial charge in [-0.25, -0.2) is 0 Å². The first-order valence-corrected chi connectivity index (χ1v) is 5.10. The highest BCUT2D eigenvalue weighted by molar-refractivity contribution is 5.70. The number of fused-ring (bicyclic) bond motifs is 1. The first-order chi connectivity index (χ1) is 6.58. The number of aliphatic hydroxyl groups excluding tert-OH is 1. The number of hydrogen-bond acceptors (Lipinski definition) is 2. The van der Waals surface area contributed by atoms with Gasteiger partial charge in [-0.2, -0.15) is 0 Å². The van der Waals surface area contributed by atoms with Gasteiger partial charge < -0.3 is 10.2 Å². The van der Waals surface area contributed by atoms with Crippen LogP contribution in [0.4, 0.5) is 0 Å². The number of carbonyl (C=O) groups is 1. The minimum absolute atomic E-state index is 0.0419. The molecule has 2 N–H and O–H groups in total. The molecular formula is C11H16O3. The molecule has 78 valence electrons. The van der Waals surface area contributed by atoms with Crippen LogP contribution in [0.15, 0.2) is 11.6 Å². The molecular weight excluding hydrogens is 180 g/mol. The standard InChI is InChI=1S/C11H16O3/c1-11(6-12)8-3-2-7(4-9(8)11)5-10(13)14/h4,8-9,12H,2-3,5-6H2,1H3,(H,13,14)/t8-,9+,11+/m1/s1. The van der Waals surface area contributed by atoms with Gasteiger partial charge in [0.2, 0.25) is 0 Å². The highest BCUT2D eigenvalue weighted by atomic mass is 16.4. The van der Waals surface area contributed by atoms with Crippen molar-refractivity contribution in [3.63, 3.8) is 0 Å². The van der Waals surface area contributed by atoms with Crippen molar-refractivity contribution in [2.45, 2.75) is 26.2 Å². The summed E-state index contributed by atoms with van der Waals surface area (Å²) in [6, 6.07) is 0. The van der Waals surface area contributed by atoms with Crippen LogP contribution in [0.2, 0.25) is 0 Å². The van der Waals surface area contributed by atoms with Crippen LogP contribution in [0.5, 0.6) is 0 Å². The number of allylic oxidation sites excluding steroid dienone is 1. The van der Waals surface area contributed by atoms with Gasteiger partial charge in [0, 0.05) is 12.0 Å². The molecule has 3 heteroatoms. The normalized spacial score (nSPS) is 40.0. The van der Waals surface area contributed by atoms with Crippen molar-refractivity contribution in [1.29, 1.82) is 0 Å². The summed E-state index contributed by atoms with van der Waals surface area (Å²) in [6.45, 7) is 2.31. The van der Waals surface area contributed by atoms with Crippen LogP contribution in [0.3, 0.4) is 0 Å². The van der Waals surface area contributed by atoms with Gasteiger partial charge in [0.25, 0.3) is 0 Å². The smallest absolute Gasteiger partial charge is 0.307 e. The molecule has 0 aromatic carbocycles. The second-order valence-electron chi connectivity index (χ2n) is 4.73. The maximum atomic E-state index is 10.5. The number of aliphatic carboxylic acids is 1. The highest BCUT2D eigenvalue weighted by Gasteiger charge is 2.59. The van der Waals surface area contributed by atoms with Gasteiger partial charge in [-0.1, -0.05) is 18.6 Å². The summed E-state index contributed by atoms with van der Waals surface area (Å²) in [6.07, 6.45) is 4.19. The van der Waals surface area contributed by atoms with Gasteiger partial charge in [0.1, 0.15) is 0 Å². The molecule has 0 amide bonds. The molecule has 2 rings (SSSR count). The average molecular weight is 196 g/mol. The van der Waals surface area contributed by atoms with E-state index in [4.69, 9.17) is 5.11 Å². The lowest BCUT2D eigenvalue weighted by Gasteiger charge is -2.08. The highest BCUT2D eigenvalue weighted by Crippen LogP contribution is 2.63. The summed E-state index contributed by atoms with van der Waals surface area (Å²) in [5.41, 5.74) is 1.08. The summed E-state index contributed by atoms with van der Waals surface area (Å²) in [4.78, 5) is 10.5. The Kier molecular flexibility index (Phi) is 2.14. The van der Waals surface area contributed by atoms with E-state index in [1.54, 1.807) is 0 Å². The van der Waals surface area contributed by atoms with Crippen LogP contribution < -0.4 is 0 Å². The number of rotatable bonds is 3. The topological polar surface area (TPSA) is 57.5 Å². The first kappa shape index (κ1) is 9.71. The van der Waals surface area contributed by atoms with Crippen molar-refractivity contribution in [3.8, 4) is 0 Å². The van der Waals surface area contributed by atoms with Gasteiger partial charge >= 0.3 is 5.97 Å². The molecule has 0 saturated heterocycles. The molecule has 2 aliphatic rings. The second-order valence-corrected chi connectivity index (χ2v) is 4.73. The van der Waals surface area contributed by atoms with Crippen molar-refractivity contribution >= 4 is 5.97 Å². The maximum absolute atomic E-state index is 10.5. The molecule has 0 heterocycles. The molecule has 0 spiro atoms. The molecule has 0 radical (unpaired) electrons. The minimum atomic E-state index is -0.749. The molecule has 0 aromatic rings. The lowest BCUT2D eigenvalue weighted by molar-refractivity contribution is -0.136. The van der Waals surface area contributed by atoms with Crippen molar-refractivity contribution in [2.24, 2.45) is 17.3 Å². The summed E-state index contributed by atoms with van der Waals surface area (Å²) in [5.74, 6) is 0.265. The van der Waals surface area contributed by atoms with E-state index < -0.39 is 5.97 Å². The fourth-order valence-electron chi connectivity index (χ4n) is 2.76. The van der Waals surface area contributed by atoms with Gasteiger partial charge in [-0.3, -0.25) is 4.79 Å². The fraction of sp³-hybridized carbons (Fsp3) is 0.727. The quantitative estimate of drug-likeness (QED) is 0.671. The van der Waals surface area contributed by atoms with Crippen LogP contribution in [0, 0.1) is 17.3 Å². The Morgan fingerprint density at radius 1 is 1.71 bits per heavy atom. The number of hydrogen-bond donors (Lipinski definition) is 2. The van der Waals surface area contributed by atoms with Crippen molar-refractivity contribution in [3.05, 3.63) is 11.6 Å². The summed E-state index contributed by atoms with van der Waals surface area (Å²) < 4.78 is 0. The SMILES string of the molecule is C[C@]1(CO)[C@@H]2CCC(CC(=O)O)=C[C@@H]21. The van der Waals surface area contributed by atoms with Gasteiger partial charge in [0.15, 0.2) is 0 Å². The minimum Gasteiger partial charge on any atom is -0.481 e. The summed E-state index contributed by atoms with van der Waals surface area (Å²) >= 11 is 0. The Morgan fingerprint density at radius 3 is 3.00 bits per heavy atom. The van der Waals surface area contributed by atoms with E-state index in [9.17, 15) is 9.90 Å². The van der Waals surface area contributed by atoms with Crippen LogP contribution in [0.25, 0.3) is 0 Å². The Balaban J connectivity index is 2.05. The monoisotopic (exact) mass is 196 g/mol. The van der Waals surface area contributed by atoms with E-state index in [-0.39, 0.29) is 18.4 Å². The lowest BCUT2D eigenvalue weighted by Crippen LogP contribution is -2.04. The Morgan fingerprint density at radius 2 is 2.43 bits per heavy atom. The van der Waals surface area contributed by atoms with Gasteiger partial charge in [-0.05, 0) is 24.7 Å². The van der Waals surface area contributed by atoms with Crippen molar-refractivity contribution < 1.29 is 15.0 Å². The average Bonchev–Trinajstić information content (AvgIpc) is 2.72. The second kappa shape index (κ2) is 3.09. The zero-order chi connectivity index (χ0) is 10.3. The largest absolute Gasteiger partial charge is 0.481 e. The van der Waals surface area contributed by atoms with Crippen molar-refractivity contribution in [1.82, 2.24) is 0 Å². The van der Waals surface area contributed by atoms with Crippen molar-refractivity contribution in [2.75, 3.05) is 6.61 Å². The van der Waals surface area contributed by atoms with E-state index in [0.29, 0.717) is 11.8 Å². The molecule has 14 heavy (non-hydrogen) atoms. The van der Waals surface area contributed by atoms with Crippen LogP contribution >= 0.6 is 0 Å². The third kappa shape index (κ3) is 1.36. The van der Waals surface area contributed by atoms with Gasteiger partial charge in [-0.15, -0.1) is 0 Å². The summed E-state index contributed by atoms with van der Waals surface area (Å²) in [5, 5.41) is 17.9. The molecule has 1 fully saturated rings. The molecule has 3 atom stereocenters. The first-order valence-electron chi connectivity index (χ1n) is 5.10. The molecule has 3 nitrogen and oxygen atoms in total. The van der Waals surface area contributed by atoms with Crippen LogP contribution in [-0.2, 0) is 4.79 Å². The zero-order valence-electron chi connectivity index (χ0n) is 8.36.